The van der Waals surface area contributed by atoms with Gasteiger partial charge in [-0.25, -0.2) is 9.36 Å². The average Bonchev–Trinajstić information content (AvgIpc) is 4.10. The number of hydrogen-bond donors (Lipinski definition) is 5. The second-order valence-corrected chi connectivity index (χ2v) is 24.0. The quantitative estimate of drug-likeness (QED) is 0.0326. The predicted molar refractivity (Wildman–Crippen MR) is 266 cm³/mol. The second kappa shape index (κ2) is 26.0. The Morgan fingerprint density at radius 1 is 0.739 bits per heavy atom. The zero-order valence-corrected chi connectivity index (χ0v) is 44.8. The van der Waals surface area contributed by atoms with Crippen LogP contribution in [0.15, 0.2) is 60.9 Å². The standard InChI is InChI=1S/C21H23Cl2N5O3.C17H17Cl2N5O4.2C4H9.O.Sn/c1-4-16-11(2)17(30-12(3)29)20(31-16)28-19-14(10-25-28)18(26-21(23)27-19)24-9-13-7-5-6-8-15(13)22;18-10-4-2-1-3-8(10)5-20-14-9-6-21-24(15(9)23-17(19)22-14)16-13(27)12(26)11(7-25)28-16;2*1-3-4-2;;/h5-8,10-11,16-17,20H,4,9H2,1-3H3,(H,24,26,27);1-4,6,11-13,16,25-27H,5,7H2,(H,20,22,23);2*1,3-4H2,2H3;;/t11-,16-,17?,20-;11-,12-,13-,16-;;;;/m11..../s1. The number of hydrogen-bond acceptors (Lipinski definition) is 16. The number of ether oxygens (including phenoxy) is 3. The summed E-state index contributed by atoms with van der Waals surface area (Å²) in [6.07, 6.45) is 3.12. The van der Waals surface area contributed by atoms with Gasteiger partial charge in [0.1, 0.15) is 29.9 Å². The number of carbonyl (C=O) groups excluding carboxylic acids is 1. The maximum atomic E-state index is 11.7. The molecule has 23 heteroatoms. The first kappa shape index (κ1) is 54.5. The van der Waals surface area contributed by atoms with Crippen molar-refractivity contribution in [1.82, 2.24) is 39.5 Å². The van der Waals surface area contributed by atoms with Gasteiger partial charge in [0.05, 0.1) is 35.9 Å². The van der Waals surface area contributed by atoms with E-state index in [1.165, 1.54) is 43.5 Å². The molecule has 6 aromatic rings. The van der Waals surface area contributed by atoms with Crippen molar-refractivity contribution in [3.05, 3.63) is 92.7 Å². The van der Waals surface area contributed by atoms with Crippen molar-refractivity contribution < 1.29 is 37.4 Å². The number of halogens is 4. The van der Waals surface area contributed by atoms with Gasteiger partial charge in [-0.05, 0) is 52.9 Å². The fourth-order valence-corrected chi connectivity index (χ4v) is 13.6. The summed E-state index contributed by atoms with van der Waals surface area (Å²) in [5, 5.41) is 47.2. The molecule has 2 saturated heterocycles. The first-order valence-electron chi connectivity index (χ1n) is 22.9. The Bertz CT molecular complexity index is 2650. The van der Waals surface area contributed by atoms with E-state index in [0.29, 0.717) is 56.8 Å². The summed E-state index contributed by atoms with van der Waals surface area (Å²) in [7, 11) is 0. The first-order chi connectivity index (χ1) is 33.2. The number of esters is 1. The van der Waals surface area contributed by atoms with E-state index in [-0.39, 0.29) is 28.6 Å². The average molecular weight is 1140 g/mol. The molecule has 18 nitrogen and oxygen atoms in total. The van der Waals surface area contributed by atoms with E-state index in [1.807, 2.05) is 56.3 Å². The molecule has 6 heterocycles. The van der Waals surface area contributed by atoms with Crippen molar-refractivity contribution in [3.63, 3.8) is 0 Å². The van der Waals surface area contributed by atoms with E-state index in [9.17, 15) is 23.2 Å². The van der Waals surface area contributed by atoms with Crippen LogP contribution in [0.2, 0.25) is 29.5 Å². The van der Waals surface area contributed by atoms with Gasteiger partial charge in [-0.3, -0.25) is 4.79 Å². The molecule has 2 aliphatic heterocycles. The Hall–Kier alpha value is -3.83. The zero-order valence-electron chi connectivity index (χ0n) is 38.9. The smallest absolute Gasteiger partial charge is 0.303 e. The monoisotopic (exact) mass is 1140 g/mol. The van der Waals surface area contributed by atoms with E-state index >= 15 is 0 Å². The molecule has 2 fully saturated rings. The number of rotatable bonds is 17. The van der Waals surface area contributed by atoms with Gasteiger partial charge in [0.25, 0.3) is 0 Å². The number of nitrogens with zero attached hydrogens (tertiary/aromatic N) is 8. The molecule has 0 saturated carbocycles. The largest absolute Gasteiger partial charge is 0.457 e. The number of aliphatic hydroxyl groups is 3. The molecular weight excluding hydrogens is 1080 g/mol. The van der Waals surface area contributed by atoms with Crippen molar-refractivity contribution >= 4 is 106 Å². The zero-order chi connectivity index (χ0) is 49.8. The Labute approximate surface area is 427 Å². The minimum absolute atomic E-state index is 0.00766. The fourth-order valence-electron chi connectivity index (χ4n) is 7.91. The number of aliphatic hydroxyl groups excluding tert-OH is 3. The molecule has 1 unspecified atom stereocenters. The van der Waals surface area contributed by atoms with Gasteiger partial charge in [-0.2, -0.15) is 30.1 Å². The third kappa shape index (κ3) is 13.8. The number of aromatic nitrogens is 8. The summed E-state index contributed by atoms with van der Waals surface area (Å²) in [5.74, 6) is 0.609. The molecule has 8 atom stereocenters. The van der Waals surface area contributed by atoms with E-state index in [4.69, 9.17) is 60.6 Å². The van der Waals surface area contributed by atoms with Crippen LogP contribution in [0.5, 0.6) is 0 Å². The van der Waals surface area contributed by atoms with Crippen LogP contribution in [0, 0.1) is 5.92 Å². The second-order valence-electron chi connectivity index (χ2n) is 16.6. The number of anilines is 2. The Kier molecular flexibility index (Phi) is 20.6. The molecule has 2 aromatic carbocycles. The minimum atomic E-state index is -1.99. The molecule has 0 radical (unpaired) electrons. The van der Waals surface area contributed by atoms with Crippen LogP contribution in [-0.2, 0) is 35.2 Å². The summed E-state index contributed by atoms with van der Waals surface area (Å²) in [4.78, 5) is 28.8. The molecule has 0 aliphatic carbocycles. The van der Waals surface area contributed by atoms with Crippen LogP contribution in [0.25, 0.3) is 22.1 Å². The maximum absolute atomic E-state index is 11.7. The van der Waals surface area contributed by atoms with Gasteiger partial charge in [0.15, 0.2) is 29.9 Å². The summed E-state index contributed by atoms with van der Waals surface area (Å²) >= 11 is 22.7. The van der Waals surface area contributed by atoms with Crippen LogP contribution in [0.1, 0.15) is 90.3 Å². The van der Waals surface area contributed by atoms with E-state index in [1.54, 1.807) is 16.9 Å². The maximum Gasteiger partial charge on any atom is 0.303 e. The molecule has 5 N–H and O–H groups in total. The van der Waals surface area contributed by atoms with Crippen LogP contribution in [-0.4, -0.2) is 118 Å². The third-order valence-corrected chi connectivity index (χ3v) is 18.0. The summed E-state index contributed by atoms with van der Waals surface area (Å²) < 4.78 is 33.6. The van der Waals surface area contributed by atoms with Gasteiger partial charge in [-0.1, -0.05) is 73.4 Å². The van der Waals surface area contributed by atoms with Gasteiger partial charge in [0.2, 0.25) is 10.6 Å². The molecule has 0 bridgehead atoms. The molecule has 69 heavy (non-hydrogen) atoms. The third-order valence-electron chi connectivity index (χ3n) is 11.7. The van der Waals surface area contributed by atoms with E-state index in [0.717, 1.165) is 26.4 Å². The van der Waals surface area contributed by atoms with Crippen LogP contribution in [0.3, 0.4) is 0 Å². The number of carbonyl (C=O) groups is 1. The topological polar surface area (TPSA) is 234 Å². The van der Waals surface area contributed by atoms with Crippen molar-refractivity contribution in [2.75, 3.05) is 17.2 Å². The summed E-state index contributed by atoms with van der Waals surface area (Å²) in [6, 6.07) is 15.0. The normalized spacial score (nSPS) is 21.9. The predicted octanol–water partition coefficient (Wildman–Crippen LogP) is 8.99. The van der Waals surface area contributed by atoms with Crippen LogP contribution < -0.4 is 10.6 Å². The number of fused-ring (bicyclic) bond motifs is 2. The molecular formula is C46H58Cl4N10O8Sn. The van der Waals surface area contributed by atoms with Gasteiger partial charge < -0.3 is 40.2 Å². The summed E-state index contributed by atoms with van der Waals surface area (Å²) in [6.45, 7) is 10.2. The van der Waals surface area contributed by atoms with Crippen molar-refractivity contribution in [1.29, 1.82) is 0 Å². The van der Waals surface area contributed by atoms with Crippen molar-refractivity contribution in [2.45, 2.75) is 132 Å². The Balaban J connectivity index is 0.000000191. The van der Waals surface area contributed by atoms with Gasteiger partial charge in [0, 0.05) is 36.0 Å². The SMILES string of the molecule is CCC[CH2][Sn](=[O])[CH2]CCC.CC[C@H]1O[C@@H](n2ncc3c(NCc4ccccc4Cl)nc(Cl)nc32)C(OC(C)=O)[C@@H]1C.OC[C@H]1O[C@@H](n2ncc3c(NCc4ccccc4Cl)nc(Cl)nc32)[C@H](O)[C@@H]1O. The molecule has 2 aliphatic rings. The minimum Gasteiger partial charge on any atom is -0.457 e. The molecule has 0 spiro atoms. The number of nitrogens with one attached hydrogen (secondary N) is 2. The van der Waals surface area contributed by atoms with Crippen LogP contribution >= 0.6 is 46.4 Å². The van der Waals surface area contributed by atoms with E-state index in [2.05, 4.69) is 54.6 Å². The van der Waals surface area contributed by atoms with Gasteiger partial charge >= 0.3 is 77.2 Å². The number of benzene rings is 2. The molecule has 8 rings (SSSR count). The van der Waals surface area contributed by atoms with Crippen LogP contribution in [0.4, 0.5) is 11.6 Å². The number of unbranched alkanes of at least 4 members (excludes halogenated alkanes) is 2. The Morgan fingerprint density at radius 3 is 1.65 bits per heavy atom. The Morgan fingerprint density at radius 2 is 1.22 bits per heavy atom. The molecule has 4 aromatic heterocycles. The van der Waals surface area contributed by atoms with Crippen molar-refractivity contribution in [2.24, 2.45) is 5.92 Å². The summed E-state index contributed by atoms with van der Waals surface area (Å²) in [5.41, 5.74) is 2.61. The first-order valence-corrected chi connectivity index (χ1v) is 29.6. The van der Waals surface area contributed by atoms with E-state index < -0.39 is 63.2 Å². The molecule has 372 valence electrons. The van der Waals surface area contributed by atoms with Crippen molar-refractivity contribution in [3.8, 4) is 0 Å². The van der Waals surface area contributed by atoms with Gasteiger partial charge in [-0.15, -0.1) is 0 Å². The fraction of sp³-hybridized carbons (Fsp3) is 0.500. The molecule has 0 amide bonds.